The Morgan fingerprint density at radius 3 is 2.73 bits per heavy atom. The maximum absolute atomic E-state index is 9.66. The molecule has 0 atom stereocenters. The number of aromatic nitrogens is 2. The summed E-state index contributed by atoms with van der Waals surface area (Å²) in [5.74, 6) is 0.0293. The minimum Gasteiger partial charge on any atom is -0.481 e. The third-order valence-corrected chi connectivity index (χ3v) is 6.16. The molecule has 1 aliphatic heterocycles. The van der Waals surface area contributed by atoms with E-state index in [1.807, 2.05) is 11.1 Å². The van der Waals surface area contributed by atoms with E-state index in [1.54, 1.807) is 23.6 Å². The normalized spacial score (nSPS) is 11.7. The van der Waals surface area contributed by atoms with Crippen molar-refractivity contribution in [2.75, 3.05) is 23.8 Å². The molecule has 4 aromatic rings. The number of hydrogen-bond donors (Lipinski definition) is 3. The molecule has 4 N–H and O–H groups in total. The monoisotopic (exact) mass is 461 g/mol. The predicted molar refractivity (Wildman–Crippen MR) is 132 cm³/mol. The van der Waals surface area contributed by atoms with Crippen LogP contribution in [0.1, 0.15) is 18.1 Å². The zero-order valence-electron chi connectivity index (χ0n) is 18.0. The summed E-state index contributed by atoms with van der Waals surface area (Å²) >= 11 is 1.78. The highest BCUT2D eigenvalue weighted by Crippen LogP contribution is 2.40. The van der Waals surface area contributed by atoms with Gasteiger partial charge in [0, 0.05) is 46.7 Å². The molecule has 0 amide bonds. The molecule has 2 aromatic heterocycles. The van der Waals surface area contributed by atoms with Crippen molar-refractivity contribution in [3.63, 3.8) is 0 Å². The van der Waals surface area contributed by atoms with Crippen molar-refractivity contribution in [1.29, 1.82) is 0 Å². The summed E-state index contributed by atoms with van der Waals surface area (Å²) in [7, 11) is 0. The van der Waals surface area contributed by atoms with Crippen molar-refractivity contribution < 1.29 is 15.0 Å². The molecule has 0 bridgehead atoms. The van der Waals surface area contributed by atoms with E-state index in [0.29, 0.717) is 18.9 Å². The number of hydrogen-bond acceptors (Lipinski definition) is 8. The lowest BCUT2D eigenvalue weighted by atomic mass is 10.00. The molecule has 2 aromatic carbocycles. The maximum atomic E-state index is 9.66. The van der Waals surface area contributed by atoms with Crippen molar-refractivity contribution in [3.8, 4) is 10.4 Å². The molecular weight excluding hydrogens is 438 g/mol. The second kappa shape index (κ2) is 9.76. The number of carboxylic acid groups (broad SMARTS) is 1. The van der Waals surface area contributed by atoms with Crippen molar-refractivity contribution in [3.05, 3.63) is 65.9 Å². The predicted octanol–water partition coefficient (Wildman–Crippen LogP) is 4.09. The first-order valence-corrected chi connectivity index (χ1v) is 11.1. The Bertz CT molecular complexity index is 1300. The average Bonchev–Trinajstić information content (AvgIpc) is 3.43. The SMILES string of the molecule is CC(=O)O.Nc1nccc(N(CCO)c2cc3c(c(-c4cc5ccccc5s4)c2)CN=C3)n1. The molecule has 3 heterocycles. The van der Waals surface area contributed by atoms with Crippen LogP contribution in [0.5, 0.6) is 0 Å². The second-order valence-corrected chi connectivity index (χ2v) is 8.43. The van der Waals surface area contributed by atoms with Gasteiger partial charge in [-0.1, -0.05) is 18.2 Å². The van der Waals surface area contributed by atoms with Crippen LogP contribution in [0.3, 0.4) is 0 Å². The largest absolute Gasteiger partial charge is 0.481 e. The van der Waals surface area contributed by atoms with Crippen molar-refractivity contribution in [2.24, 2.45) is 4.99 Å². The van der Waals surface area contributed by atoms with E-state index < -0.39 is 5.97 Å². The first-order valence-electron chi connectivity index (χ1n) is 10.3. The number of thiophene rings is 1. The van der Waals surface area contributed by atoms with E-state index >= 15 is 0 Å². The van der Waals surface area contributed by atoms with E-state index in [-0.39, 0.29) is 12.6 Å². The van der Waals surface area contributed by atoms with Crippen LogP contribution in [0.4, 0.5) is 17.5 Å². The molecule has 0 spiro atoms. The van der Waals surface area contributed by atoms with Gasteiger partial charge in [0.25, 0.3) is 5.97 Å². The number of nitrogen functional groups attached to an aromatic ring is 1. The Balaban J connectivity index is 0.000000601. The molecule has 8 nitrogen and oxygen atoms in total. The van der Waals surface area contributed by atoms with Crippen molar-refractivity contribution in [1.82, 2.24) is 9.97 Å². The van der Waals surface area contributed by atoms with E-state index in [2.05, 4.69) is 57.4 Å². The summed E-state index contributed by atoms with van der Waals surface area (Å²) in [6.07, 6.45) is 3.55. The molecule has 0 radical (unpaired) electrons. The van der Waals surface area contributed by atoms with E-state index in [0.717, 1.165) is 18.2 Å². The van der Waals surface area contributed by atoms with Gasteiger partial charge in [0.05, 0.1) is 13.2 Å². The first kappa shape index (κ1) is 22.4. The molecule has 0 saturated heterocycles. The number of rotatable bonds is 5. The van der Waals surface area contributed by atoms with Gasteiger partial charge in [0.1, 0.15) is 5.82 Å². The van der Waals surface area contributed by atoms with Crippen molar-refractivity contribution in [2.45, 2.75) is 13.5 Å². The number of carbonyl (C=O) groups is 1. The number of nitrogens with two attached hydrogens (primary N) is 1. The summed E-state index contributed by atoms with van der Waals surface area (Å²) in [6.45, 7) is 2.16. The summed E-state index contributed by atoms with van der Waals surface area (Å²) in [6, 6.07) is 16.7. The van der Waals surface area contributed by atoms with Gasteiger partial charge < -0.3 is 20.8 Å². The smallest absolute Gasteiger partial charge is 0.300 e. The first-order chi connectivity index (χ1) is 16.0. The Labute approximate surface area is 194 Å². The zero-order chi connectivity index (χ0) is 23.4. The van der Waals surface area contributed by atoms with Gasteiger partial charge >= 0.3 is 0 Å². The Morgan fingerprint density at radius 2 is 2.00 bits per heavy atom. The molecule has 0 fully saturated rings. The molecule has 9 heteroatoms. The number of anilines is 3. The number of aliphatic hydroxyl groups is 1. The van der Waals surface area contributed by atoms with Crippen LogP contribution in [0.2, 0.25) is 0 Å². The number of aliphatic hydroxyl groups excluding tert-OH is 1. The molecular formula is C24H23N5O3S. The molecule has 0 unspecified atom stereocenters. The van der Waals surface area contributed by atoms with Crippen LogP contribution < -0.4 is 10.6 Å². The average molecular weight is 462 g/mol. The van der Waals surface area contributed by atoms with Crippen LogP contribution in [0.15, 0.2) is 59.7 Å². The van der Waals surface area contributed by atoms with Crippen LogP contribution in [0, 0.1) is 0 Å². The third-order valence-electron chi connectivity index (χ3n) is 5.01. The molecule has 1 aliphatic rings. The summed E-state index contributed by atoms with van der Waals surface area (Å²) in [5.41, 5.74) is 10.2. The number of benzene rings is 2. The minimum absolute atomic E-state index is 0.00664. The van der Waals surface area contributed by atoms with Crippen LogP contribution in [-0.4, -0.2) is 45.5 Å². The summed E-state index contributed by atoms with van der Waals surface area (Å²) in [5, 5.41) is 18.3. The number of fused-ring (bicyclic) bond motifs is 2. The molecule has 168 valence electrons. The lowest BCUT2D eigenvalue weighted by Crippen LogP contribution is -2.23. The number of carboxylic acids is 1. The Hall–Kier alpha value is -3.82. The lowest BCUT2D eigenvalue weighted by Gasteiger charge is -2.24. The Kier molecular flexibility index (Phi) is 6.62. The van der Waals surface area contributed by atoms with Gasteiger partial charge in [0.2, 0.25) is 5.95 Å². The van der Waals surface area contributed by atoms with Crippen LogP contribution in [0.25, 0.3) is 20.5 Å². The summed E-state index contributed by atoms with van der Waals surface area (Å²) < 4.78 is 1.26. The molecule has 0 saturated carbocycles. The molecule has 33 heavy (non-hydrogen) atoms. The van der Waals surface area contributed by atoms with Gasteiger partial charge in [-0.3, -0.25) is 9.79 Å². The second-order valence-electron chi connectivity index (χ2n) is 7.35. The zero-order valence-corrected chi connectivity index (χ0v) is 18.8. The highest BCUT2D eigenvalue weighted by Gasteiger charge is 2.20. The quantitative estimate of drug-likeness (QED) is 0.409. The van der Waals surface area contributed by atoms with Crippen LogP contribution >= 0.6 is 11.3 Å². The van der Waals surface area contributed by atoms with Gasteiger partial charge in [-0.15, -0.1) is 11.3 Å². The van der Waals surface area contributed by atoms with E-state index in [9.17, 15) is 5.11 Å². The fourth-order valence-electron chi connectivity index (χ4n) is 3.69. The topological polar surface area (TPSA) is 125 Å². The lowest BCUT2D eigenvalue weighted by molar-refractivity contribution is -0.134. The fraction of sp³-hybridized carbons (Fsp3) is 0.167. The minimum atomic E-state index is -0.833. The fourth-order valence-corrected chi connectivity index (χ4v) is 4.79. The number of nitrogens with zero attached hydrogens (tertiary/aromatic N) is 4. The number of aliphatic carboxylic acids is 1. The van der Waals surface area contributed by atoms with Crippen molar-refractivity contribution >= 4 is 51.1 Å². The van der Waals surface area contributed by atoms with Crippen LogP contribution in [-0.2, 0) is 11.3 Å². The van der Waals surface area contributed by atoms with E-state index in [1.165, 1.54) is 26.1 Å². The maximum Gasteiger partial charge on any atom is 0.300 e. The molecule has 5 rings (SSSR count). The highest BCUT2D eigenvalue weighted by atomic mass is 32.1. The van der Waals surface area contributed by atoms with Gasteiger partial charge in [-0.05, 0) is 46.8 Å². The van der Waals surface area contributed by atoms with Gasteiger partial charge in [-0.2, -0.15) is 4.98 Å². The molecule has 0 aliphatic carbocycles. The summed E-state index contributed by atoms with van der Waals surface area (Å²) in [4.78, 5) is 25.0. The van der Waals surface area contributed by atoms with E-state index in [4.69, 9.17) is 15.6 Å². The third kappa shape index (κ3) is 5.00. The standard InChI is InChI=1S/C22H19N5OS.C2H4O2/c23-22-25-6-5-21(26-22)27(7-8-28)16-9-15-12-24-13-18(15)17(11-16)20-10-14-3-1-2-4-19(14)29-20;1-2(3)4/h1-6,9-12,28H,7-8,13H2,(H2,23,25,26);1H3,(H,3,4). The highest BCUT2D eigenvalue weighted by molar-refractivity contribution is 7.22. The van der Waals surface area contributed by atoms with Gasteiger partial charge in [0.15, 0.2) is 0 Å². The van der Waals surface area contributed by atoms with Gasteiger partial charge in [-0.25, -0.2) is 4.98 Å². The Morgan fingerprint density at radius 1 is 1.21 bits per heavy atom. The number of aliphatic imine (C=N–C) groups is 1.